The third-order valence-corrected chi connectivity index (χ3v) is 8.86. The number of ether oxygens (including phenoxy) is 1. The predicted octanol–water partition coefficient (Wildman–Crippen LogP) is 2.32. The van der Waals surface area contributed by atoms with Crippen molar-refractivity contribution in [3.05, 3.63) is 34.9 Å². The number of carbonyl (C=O) groups excluding carboxylic acids is 3. The molecule has 33 heavy (non-hydrogen) atoms. The lowest BCUT2D eigenvalue weighted by Gasteiger charge is -2.57. The highest BCUT2D eigenvalue weighted by Gasteiger charge is 2.53. The molecule has 2 aliphatic carbocycles. The van der Waals surface area contributed by atoms with E-state index in [2.05, 4.69) is 22.8 Å². The van der Waals surface area contributed by atoms with Crippen LogP contribution in [0.3, 0.4) is 0 Å². The molecule has 3 amide bonds. The Morgan fingerprint density at radius 3 is 2.67 bits per heavy atom. The number of rotatable bonds is 5. The highest BCUT2D eigenvalue weighted by atomic mass is 16.5. The van der Waals surface area contributed by atoms with E-state index in [1.807, 2.05) is 6.07 Å². The van der Waals surface area contributed by atoms with E-state index in [1.165, 1.54) is 44.1 Å². The van der Waals surface area contributed by atoms with Crippen molar-refractivity contribution in [3.8, 4) is 0 Å². The molecule has 2 saturated carbocycles. The zero-order valence-corrected chi connectivity index (χ0v) is 19.1. The lowest BCUT2D eigenvalue weighted by molar-refractivity contribution is -0.178. The number of piperidine rings is 1. The summed E-state index contributed by atoms with van der Waals surface area (Å²) in [6.07, 6.45) is 9.34. The van der Waals surface area contributed by atoms with Crippen molar-refractivity contribution < 1.29 is 19.1 Å². The van der Waals surface area contributed by atoms with Gasteiger partial charge in [0.05, 0.1) is 13.2 Å². The van der Waals surface area contributed by atoms with Gasteiger partial charge in [-0.3, -0.25) is 19.7 Å². The second-order valence-electron chi connectivity index (χ2n) is 10.9. The summed E-state index contributed by atoms with van der Waals surface area (Å²) in [4.78, 5) is 38.4. The van der Waals surface area contributed by atoms with Gasteiger partial charge >= 0.3 is 0 Å². The molecule has 4 atom stereocenters. The topological polar surface area (TPSA) is 87.7 Å². The molecule has 0 radical (unpaired) electrons. The molecule has 6 rings (SSSR count). The van der Waals surface area contributed by atoms with E-state index in [9.17, 15) is 14.4 Å². The van der Waals surface area contributed by atoms with E-state index in [4.69, 9.17) is 4.74 Å². The van der Waals surface area contributed by atoms with Crippen molar-refractivity contribution in [1.29, 1.82) is 0 Å². The van der Waals surface area contributed by atoms with E-state index >= 15 is 0 Å². The van der Waals surface area contributed by atoms with Gasteiger partial charge in [-0.15, -0.1) is 0 Å². The number of nitrogens with one attached hydrogen (secondary N) is 2. The molecule has 0 aromatic heterocycles. The Hall–Kier alpha value is -2.25. The Morgan fingerprint density at radius 1 is 1.09 bits per heavy atom. The first kappa shape index (κ1) is 21.3. The highest BCUT2D eigenvalue weighted by molar-refractivity contribution is 6.05. The van der Waals surface area contributed by atoms with Crippen molar-refractivity contribution in [2.24, 2.45) is 11.3 Å². The fourth-order valence-electron chi connectivity index (χ4n) is 6.65. The minimum atomic E-state index is -0.553. The molecule has 2 saturated heterocycles. The molecular weight excluding hydrogens is 418 g/mol. The standard InChI is InChI=1S/C26H33N3O4/c30-23-8-7-21(24(31)28-23)29-13-18-12-16(5-6-19(18)25(29)32)11-17-3-1-2-4-20(17)27-22-9-10-26(22)14-33-15-26/h5-6,12,17,20-22,27H,1-4,7-11,13-15H2,(H,28,30,31)/t17-,20+,21?,22?/m1/s1. The van der Waals surface area contributed by atoms with Crippen LogP contribution >= 0.6 is 0 Å². The van der Waals surface area contributed by atoms with Gasteiger partial charge in [0.1, 0.15) is 6.04 Å². The molecule has 7 nitrogen and oxygen atoms in total. The number of carbonyl (C=O) groups is 3. The Morgan fingerprint density at radius 2 is 1.94 bits per heavy atom. The van der Waals surface area contributed by atoms with Gasteiger partial charge in [0.2, 0.25) is 11.8 Å². The first-order valence-electron chi connectivity index (χ1n) is 12.6. The molecule has 2 unspecified atom stereocenters. The summed E-state index contributed by atoms with van der Waals surface area (Å²) in [6, 6.07) is 6.82. The number of fused-ring (bicyclic) bond motifs is 1. The van der Waals surface area contributed by atoms with Crippen LogP contribution in [0.1, 0.15) is 72.9 Å². The lowest BCUT2D eigenvalue weighted by Crippen LogP contribution is -2.65. The summed E-state index contributed by atoms with van der Waals surface area (Å²) in [7, 11) is 0. The molecule has 3 aliphatic heterocycles. The third kappa shape index (κ3) is 3.69. The average molecular weight is 452 g/mol. The molecule has 4 fully saturated rings. The Bertz CT molecular complexity index is 982. The second kappa shape index (κ2) is 8.20. The largest absolute Gasteiger partial charge is 0.380 e. The van der Waals surface area contributed by atoms with Crippen LogP contribution in [-0.4, -0.2) is 54.0 Å². The molecule has 1 spiro atoms. The van der Waals surface area contributed by atoms with Crippen molar-refractivity contribution in [3.63, 3.8) is 0 Å². The first-order valence-corrected chi connectivity index (χ1v) is 12.6. The molecule has 5 aliphatic rings. The fraction of sp³-hybridized carbons (Fsp3) is 0.654. The van der Waals surface area contributed by atoms with E-state index in [0.717, 1.165) is 25.2 Å². The Balaban J connectivity index is 1.14. The molecule has 176 valence electrons. The van der Waals surface area contributed by atoms with Gasteiger partial charge in [0.25, 0.3) is 5.91 Å². The smallest absolute Gasteiger partial charge is 0.255 e. The van der Waals surface area contributed by atoms with Crippen LogP contribution in [0.15, 0.2) is 18.2 Å². The van der Waals surface area contributed by atoms with Crippen LogP contribution in [0, 0.1) is 11.3 Å². The summed E-state index contributed by atoms with van der Waals surface area (Å²) in [5.74, 6) is -0.0922. The van der Waals surface area contributed by atoms with Crippen LogP contribution in [0.2, 0.25) is 0 Å². The summed E-state index contributed by atoms with van der Waals surface area (Å²) in [5.41, 5.74) is 3.39. The first-order chi connectivity index (χ1) is 16.0. The molecular formula is C26H33N3O4. The average Bonchev–Trinajstić information content (AvgIpc) is 3.07. The van der Waals surface area contributed by atoms with E-state index in [-0.39, 0.29) is 24.1 Å². The van der Waals surface area contributed by atoms with Crippen molar-refractivity contribution in [2.45, 2.75) is 82.5 Å². The minimum absolute atomic E-state index is 0.0961. The number of hydrogen-bond acceptors (Lipinski definition) is 5. The predicted molar refractivity (Wildman–Crippen MR) is 121 cm³/mol. The van der Waals surface area contributed by atoms with Crippen molar-refractivity contribution >= 4 is 17.7 Å². The highest BCUT2D eigenvalue weighted by Crippen LogP contribution is 2.47. The maximum Gasteiger partial charge on any atom is 0.255 e. The zero-order valence-electron chi connectivity index (χ0n) is 19.1. The molecule has 3 heterocycles. The van der Waals surface area contributed by atoms with Gasteiger partial charge in [0, 0.05) is 36.0 Å². The third-order valence-electron chi connectivity index (χ3n) is 8.86. The van der Waals surface area contributed by atoms with Gasteiger partial charge in [0.15, 0.2) is 0 Å². The monoisotopic (exact) mass is 451 g/mol. The van der Waals surface area contributed by atoms with Crippen LogP contribution in [-0.2, 0) is 27.3 Å². The maximum absolute atomic E-state index is 13.0. The Labute approximate surface area is 194 Å². The zero-order chi connectivity index (χ0) is 22.6. The van der Waals surface area contributed by atoms with Gasteiger partial charge in [-0.1, -0.05) is 25.0 Å². The summed E-state index contributed by atoms with van der Waals surface area (Å²) < 4.78 is 5.52. The Kier molecular flexibility index (Phi) is 5.29. The number of amides is 3. The fourth-order valence-corrected chi connectivity index (χ4v) is 6.65. The minimum Gasteiger partial charge on any atom is -0.380 e. The number of hydrogen-bond donors (Lipinski definition) is 2. The van der Waals surface area contributed by atoms with Crippen molar-refractivity contribution in [2.75, 3.05) is 13.2 Å². The van der Waals surface area contributed by atoms with Gasteiger partial charge in [-0.2, -0.15) is 0 Å². The lowest BCUT2D eigenvalue weighted by atomic mass is 9.62. The number of benzene rings is 1. The van der Waals surface area contributed by atoms with Crippen LogP contribution in [0.5, 0.6) is 0 Å². The van der Waals surface area contributed by atoms with Crippen LogP contribution in [0.4, 0.5) is 0 Å². The normalized spacial score (nSPS) is 32.8. The molecule has 7 heteroatoms. The SMILES string of the molecule is O=C1CCC(N2Cc3cc(C[C@H]4CCCC[C@@H]4NC4CCC45COC5)ccc3C2=O)C(=O)N1. The van der Waals surface area contributed by atoms with Gasteiger partial charge in [-0.05, 0) is 61.6 Å². The number of nitrogens with zero attached hydrogens (tertiary/aromatic N) is 1. The quantitative estimate of drug-likeness (QED) is 0.671. The molecule has 1 aromatic carbocycles. The van der Waals surface area contributed by atoms with E-state index < -0.39 is 6.04 Å². The number of imide groups is 1. The van der Waals surface area contributed by atoms with E-state index in [0.29, 0.717) is 41.9 Å². The van der Waals surface area contributed by atoms with Gasteiger partial charge < -0.3 is 15.0 Å². The molecule has 2 N–H and O–H groups in total. The van der Waals surface area contributed by atoms with E-state index in [1.54, 1.807) is 4.90 Å². The summed E-state index contributed by atoms with van der Waals surface area (Å²) in [5, 5.41) is 6.40. The van der Waals surface area contributed by atoms with Crippen LogP contribution in [0.25, 0.3) is 0 Å². The summed E-state index contributed by atoms with van der Waals surface area (Å²) >= 11 is 0. The molecule has 0 bridgehead atoms. The van der Waals surface area contributed by atoms with Crippen molar-refractivity contribution in [1.82, 2.24) is 15.5 Å². The maximum atomic E-state index is 13.0. The summed E-state index contributed by atoms with van der Waals surface area (Å²) in [6.45, 7) is 2.29. The van der Waals surface area contributed by atoms with Gasteiger partial charge in [-0.25, -0.2) is 0 Å². The van der Waals surface area contributed by atoms with Crippen LogP contribution < -0.4 is 10.6 Å². The second-order valence-corrected chi connectivity index (χ2v) is 10.9. The molecule has 1 aromatic rings.